The minimum Gasteiger partial charge on any atom is -0.478 e. The first kappa shape index (κ1) is 25.1. The van der Waals surface area contributed by atoms with Crippen LogP contribution in [0.25, 0.3) is 17.0 Å². The van der Waals surface area contributed by atoms with Crippen LogP contribution in [-0.2, 0) is 11.2 Å². The fourth-order valence-electron chi connectivity index (χ4n) is 5.47. The normalized spacial score (nSPS) is 19.1. The van der Waals surface area contributed by atoms with E-state index in [1.165, 1.54) is 18.2 Å². The van der Waals surface area contributed by atoms with Gasteiger partial charge in [-0.1, -0.05) is 39.0 Å². The molecule has 35 heavy (non-hydrogen) atoms. The highest BCUT2D eigenvalue weighted by atomic mass is 19.1. The molecule has 0 saturated carbocycles. The van der Waals surface area contributed by atoms with E-state index in [2.05, 4.69) is 63.1 Å². The van der Waals surface area contributed by atoms with Gasteiger partial charge in [-0.3, -0.25) is 4.90 Å². The van der Waals surface area contributed by atoms with Crippen molar-refractivity contribution >= 4 is 22.9 Å². The van der Waals surface area contributed by atoms with Crippen molar-refractivity contribution in [1.82, 2.24) is 9.47 Å². The van der Waals surface area contributed by atoms with Crippen LogP contribution >= 0.6 is 0 Å². The van der Waals surface area contributed by atoms with Gasteiger partial charge in [0.1, 0.15) is 11.6 Å². The molecule has 1 aliphatic rings. The van der Waals surface area contributed by atoms with Gasteiger partial charge in [0.05, 0.1) is 6.04 Å². The quantitative estimate of drug-likeness (QED) is 0.401. The fourth-order valence-corrected chi connectivity index (χ4v) is 5.47. The van der Waals surface area contributed by atoms with Crippen LogP contribution in [0.2, 0.25) is 0 Å². The molecule has 0 unspecified atom stereocenters. The summed E-state index contributed by atoms with van der Waals surface area (Å²) in [5.74, 6) is -2.50. The summed E-state index contributed by atoms with van der Waals surface area (Å²) in [6, 6.07) is 10.2. The second-order valence-corrected chi connectivity index (χ2v) is 11.1. The Morgan fingerprint density at radius 3 is 2.37 bits per heavy atom. The van der Waals surface area contributed by atoms with Crippen LogP contribution in [0.4, 0.5) is 8.78 Å². The Morgan fingerprint density at radius 1 is 1.17 bits per heavy atom. The number of hydrogen-bond donors (Lipinski definition) is 1. The Morgan fingerprint density at radius 2 is 1.80 bits per heavy atom. The molecule has 1 aliphatic heterocycles. The highest BCUT2D eigenvalue weighted by Crippen LogP contribution is 2.46. The van der Waals surface area contributed by atoms with Gasteiger partial charge in [0.15, 0.2) is 0 Å². The first-order valence-corrected chi connectivity index (χ1v) is 12.2. The maximum atomic E-state index is 15.8. The molecule has 0 amide bonds. The lowest BCUT2D eigenvalue weighted by Crippen LogP contribution is -2.47. The molecule has 0 spiro atoms. The number of para-hydroxylation sites is 1. The summed E-state index contributed by atoms with van der Waals surface area (Å²) >= 11 is 0. The second kappa shape index (κ2) is 9.23. The number of nitrogens with zero attached hydrogens (tertiary/aromatic N) is 2. The van der Waals surface area contributed by atoms with Crippen molar-refractivity contribution in [3.63, 3.8) is 0 Å². The Kier molecular flexibility index (Phi) is 6.62. The Labute approximate surface area is 205 Å². The Hall–Kier alpha value is -2.99. The van der Waals surface area contributed by atoms with Crippen molar-refractivity contribution in [1.29, 1.82) is 0 Å². The van der Waals surface area contributed by atoms with Gasteiger partial charge in [-0.15, -0.1) is 0 Å². The standard InChI is InChI=1S/C29H34F2N2O2/c1-17(2)33-24-10-8-7-9-20(24)21-13-18(3)32(16-29(4,5)6)28(27(21)33)26-22(30)14-19(15-23(26)31)11-12-25(34)35/h7-12,14-15,17-18,28H,13,16H2,1-6H3,(H,34,35)/b12-11+/t18-,28-/m1/s1. The van der Waals surface area contributed by atoms with Crippen molar-refractivity contribution in [2.75, 3.05) is 6.54 Å². The summed E-state index contributed by atoms with van der Waals surface area (Å²) in [7, 11) is 0. The summed E-state index contributed by atoms with van der Waals surface area (Å²) < 4.78 is 33.8. The third-order valence-electron chi connectivity index (χ3n) is 6.68. The third-order valence-corrected chi connectivity index (χ3v) is 6.68. The number of carbonyl (C=O) groups is 1. The predicted molar refractivity (Wildman–Crippen MR) is 137 cm³/mol. The lowest BCUT2D eigenvalue weighted by Gasteiger charge is -2.45. The minimum absolute atomic E-state index is 0.0132. The van der Waals surface area contributed by atoms with Crippen molar-refractivity contribution < 1.29 is 18.7 Å². The Bertz CT molecular complexity index is 1280. The van der Waals surface area contributed by atoms with Gasteiger partial charge >= 0.3 is 5.97 Å². The average Bonchev–Trinajstić information content (AvgIpc) is 3.07. The summed E-state index contributed by atoms with van der Waals surface area (Å²) in [6.07, 6.45) is 2.90. The van der Waals surface area contributed by atoms with Gasteiger partial charge in [-0.05, 0) is 68.0 Å². The maximum absolute atomic E-state index is 15.8. The van der Waals surface area contributed by atoms with E-state index >= 15 is 8.78 Å². The molecule has 2 atom stereocenters. The van der Waals surface area contributed by atoms with E-state index in [0.717, 1.165) is 34.7 Å². The van der Waals surface area contributed by atoms with Crippen LogP contribution in [-0.4, -0.2) is 33.1 Å². The fraction of sp³-hybridized carbons (Fsp3) is 0.414. The van der Waals surface area contributed by atoms with Gasteiger partial charge < -0.3 is 9.67 Å². The smallest absolute Gasteiger partial charge is 0.328 e. The topological polar surface area (TPSA) is 45.5 Å². The van der Waals surface area contributed by atoms with E-state index in [1.807, 2.05) is 12.1 Å². The summed E-state index contributed by atoms with van der Waals surface area (Å²) in [5.41, 5.74) is 3.27. The highest BCUT2D eigenvalue weighted by Gasteiger charge is 2.41. The number of halogens is 2. The molecule has 1 N–H and O–H groups in total. The van der Waals surface area contributed by atoms with Crippen LogP contribution < -0.4 is 0 Å². The predicted octanol–water partition coefficient (Wildman–Crippen LogP) is 6.98. The van der Waals surface area contributed by atoms with Crippen molar-refractivity contribution in [3.05, 3.63) is 76.5 Å². The second-order valence-electron chi connectivity index (χ2n) is 11.1. The summed E-state index contributed by atoms with van der Waals surface area (Å²) in [6.45, 7) is 13.4. The molecule has 0 radical (unpaired) electrons. The van der Waals surface area contributed by atoms with Crippen molar-refractivity contribution in [2.45, 2.75) is 66.1 Å². The number of benzene rings is 2. The molecule has 0 fully saturated rings. The van der Waals surface area contributed by atoms with E-state index in [9.17, 15) is 4.79 Å². The molecule has 0 saturated heterocycles. The lowest BCUT2D eigenvalue weighted by atomic mass is 9.84. The third kappa shape index (κ3) is 4.76. The molecule has 4 nitrogen and oxygen atoms in total. The molecule has 0 bridgehead atoms. The molecule has 4 rings (SSSR count). The van der Waals surface area contributed by atoms with Crippen LogP contribution in [0.3, 0.4) is 0 Å². The number of rotatable bonds is 5. The van der Waals surface area contributed by atoms with Gasteiger partial charge in [-0.2, -0.15) is 0 Å². The van der Waals surface area contributed by atoms with Gasteiger partial charge in [0, 0.05) is 46.9 Å². The zero-order valence-corrected chi connectivity index (χ0v) is 21.3. The monoisotopic (exact) mass is 480 g/mol. The van der Waals surface area contributed by atoms with Crippen LogP contribution in [0, 0.1) is 17.0 Å². The van der Waals surface area contributed by atoms with E-state index in [1.54, 1.807) is 0 Å². The molecular weight excluding hydrogens is 446 g/mol. The first-order valence-electron chi connectivity index (χ1n) is 12.2. The van der Waals surface area contributed by atoms with Crippen molar-refractivity contribution in [3.8, 4) is 0 Å². The van der Waals surface area contributed by atoms with Gasteiger partial charge in [0.2, 0.25) is 0 Å². The number of aliphatic carboxylic acids is 1. The van der Waals surface area contributed by atoms with E-state index in [-0.39, 0.29) is 28.6 Å². The highest BCUT2D eigenvalue weighted by molar-refractivity contribution is 5.87. The molecule has 6 heteroatoms. The maximum Gasteiger partial charge on any atom is 0.328 e. The first-order chi connectivity index (χ1) is 16.4. The van der Waals surface area contributed by atoms with Gasteiger partial charge in [-0.25, -0.2) is 13.6 Å². The molecular formula is C29H34F2N2O2. The van der Waals surface area contributed by atoms with Crippen LogP contribution in [0.5, 0.6) is 0 Å². The van der Waals surface area contributed by atoms with Crippen molar-refractivity contribution in [2.24, 2.45) is 5.41 Å². The number of fused-ring (bicyclic) bond motifs is 3. The Balaban J connectivity index is 2.02. The van der Waals surface area contributed by atoms with Crippen LogP contribution in [0.1, 0.15) is 76.0 Å². The number of carboxylic acids is 1. The molecule has 2 heterocycles. The minimum atomic E-state index is -1.17. The summed E-state index contributed by atoms with van der Waals surface area (Å²) in [5, 5.41) is 10.1. The number of hydrogen-bond acceptors (Lipinski definition) is 2. The molecule has 1 aromatic heterocycles. The molecule has 0 aliphatic carbocycles. The van der Waals surface area contributed by atoms with Crippen LogP contribution in [0.15, 0.2) is 42.5 Å². The largest absolute Gasteiger partial charge is 0.478 e. The van der Waals surface area contributed by atoms with E-state index in [0.29, 0.717) is 6.54 Å². The van der Waals surface area contributed by atoms with E-state index < -0.39 is 23.6 Å². The molecule has 2 aromatic carbocycles. The molecule has 3 aromatic rings. The zero-order chi connectivity index (χ0) is 25.7. The zero-order valence-electron chi connectivity index (χ0n) is 21.3. The average molecular weight is 481 g/mol. The SMILES string of the molecule is CC(C)n1c2c(c3ccccc31)C[C@@H](C)N(CC(C)(C)C)[C@@H]2c1c(F)cc(/C=C/C(=O)O)cc1F. The van der Waals surface area contributed by atoms with E-state index in [4.69, 9.17) is 5.11 Å². The number of carboxylic acid groups (broad SMARTS) is 1. The summed E-state index contributed by atoms with van der Waals surface area (Å²) in [4.78, 5) is 13.1. The van der Waals surface area contributed by atoms with Gasteiger partial charge in [0.25, 0.3) is 0 Å². The lowest BCUT2D eigenvalue weighted by molar-refractivity contribution is -0.131. The number of aromatic nitrogens is 1. The molecule has 186 valence electrons.